The van der Waals surface area contributed by atoms with Gasteiger partial charge in [-0.05, 0) is 262 Å². The van der Waals surface area contributed by atoms with Crippen molar-refractivity contribution in [3.05, 3.63) is 326 Å². The number of para-hydroxylation sites is 1. The molecule has 0 aliphatic carbocycles. The highest BCUT2D eigenvalue weighted by Crippen LogP contribution is 2.37. The van der Waals surface area contributed by atoms with E-state index in [1.807, 2.05) is 0 Å². The Hall–Kier alpha value is -10.8. The normalized spacial score (nSPS) is 11.9. The molecule has 0 saturated heterocycles. The van der Waals surface area contributed by atoms with Gasteiger partial charge in [-0.25, -0.2) is 0 Å². The van der Waals surface area contributed by atoms with Crippen molar-refractivity contribution in [2.75, 3.05) is 0 Å². The molecule has 0 amide bonds. The molecule has 5 heteroatoms. The fraction of sp³-hybridized carbons (Fsp3) is 0.348. The lowest BCUT2D eigenvalue weighted by molar-refractivity contribution is -0.633. The second-order valence-electron chi connectivity index (χ2n) is 40.8. The van der Waals surface area contributed by atoms with Gasteiger partial charge in [0.05, 0.1) is 0 Å². The van der Waals surface area contributed by atoms with Crippen molar-refractivity contribution in [2.45, 2.75) is 205 Å². The van der Waals surface area contributed by atoms with Crippen molar-refractivity contribution < 1.29 is 22.8 Å². The van der Waals surface area contributed by atoms with Crippen LogP contribution in [0.1, 0.15) is 187 Å². The smallest absolute Gasteiger partial charge is 0.194 e. The summed E-state index contributed by atoms with van der Waals surface area (Å²) in [5.41, 5.74) is 41.4. The summed E-state index contributed by atoms with van der Waals surface area (Å²) in [6, 6.07) is 89.4. The number of aryl methyl sites for hydroxylation is 13. The predicted molar refractivity (Wildman–Crippen MR) is 516 cm³/mol. The Bertz CT molecular complexity index is 6240. The number of benzene rings is 10. The summed E-state index contributed by atoms with van der Waals surface area (Å²) in [6.45, 7) is 56.5. The third-order valence-corrected chi connectivity index (χ3v) is 23.7. The molecule has 0 bridgehead atoms. The second kappa shape index (κ2) is 36.7. The monoisotopic (exact) mass is 1590 g/mol. The highest BCUT2D eigenvalue weighted by atomic mass is 15.0. The largest absolute Gasteiger partial charge is 0.213 e. The molecule has 0 unspecified atom stereocenters. The van der Waals surface area contributed by atoms with Crippen LogP contribution in [0.15, 0.2) is 243 Å². The third kappa shape index (κ3) is 21.9. The van der Waals surface area contributed by atoms with Gasteiger partial charge in [-0.1, -0.05) is 236 Å². The van der Waals surface area contributed by atoms with Crippen LogP contribution in [-0.2, 0) is 67.3 Å². The van der Waals surface area contributed by atoms with E-state index in [9.17, 15) is 0 Å². The Balaban J connectivity index is 0.000000147. The highest BCUT2D eigenvalue weighted by molar-refractivity contribution is 5.86. The highest BCUT2D eigenvalue weighted by Gasteiger charge is 2.28. The fourth-order valence-electron chi connectivity index (χ4n) is 17.7. The summed E-state index contributed by atoms with van der Waals surface area (Å²) >= 11 is 0. The maximum absolute atomic E-state index is 2.41. The molecule has 5 heterocycles. The molecular weight excluding hydrogens is 1450 g/mol. The molecule has 0 spiro atoms. The van der Waals surface area contributed by atoms with E-state index < -0.39 is 0 Å². The first-order valence-corrected chi connectivity index (χ1v) is 43.7. The van der Waals surface area contributed by atoms with Crippen LogP contribution in [0.5, 0.6) is 0 Å². The van der Waals surface area contributed by atoms with Gasteiger partial charge in [-0.2, -0.15) is 22.8 Å². The first kappa shape index (κ1) is 90.0. The fourth-order valence-corrected chi connectivity index (χ4v) is 17.7. The van der Waals surface area contributed by atoms with Crippen LogP contribution in [0, 0.1) is 96.3 Å². The van der Waals surface area contributed by atoms with Crippen molar-refractivity contribution >= 4 is 54.5 Å². The first-order valence-electron chi connectivity index (χ1n) is 43.7. The number of nitrogens with zero attached hydrogens (tertiary/aromatic N) is 5. The van der Waals surface area contributed by atoms with Crippen LogP contribution in [0.3, 0.4) is 0 Å². The molecule has 5 nitrogen and oxygen atoms in total. The maximum atomic E-state index is 2.41. The van der Waals surface area contributed by atoms with E-state index in [-0.39, 0.29) is 10.8 Å². The number of fused-ring (bicyclic) bond motifs is 5. The zero-order valence-corrected chi connectivity index (χ0v) is 78.9. The molecular formula is C115H140N5+5. The van der Waals surface area contributed by atoms with Gasteiger partial charge in [-0.15, -0.1) is 0 Å². The maximum Gasteiger partial charge on any atom is 0.213 e. The van der Waals surface area contributed by atoms with Gasteiger partial charge in [0.2, 0.25) is 56.1 Å². The number of rotatable bonds is 10. The van der Waals surface area contributed by atoms with Gasteiger partial charge in [0, 0.05) is 115 Å². The van der Waals surface area contributed by atoms with Crippen molar-refractivity contribution in [1.29, 1.82) is 0 Å². The number of hydrogen-bond acceptors (Lipinski definition) is 0. The lowest BCUT2D eigenvalue weighted by atomic mass is 9.85. The van der Waals surface area contributed by atoms with Crippen LogP contribution in [0.25, 0.3) is 111 Å². The molecule has 0 saturated carbocycles. The van der Waals surface area contributed by atoms with Crippen LogP contribution in [-0.4, -0.2) is 0 Å². The number of hydrogen-bond donors (Lipinski definition) is 0. The SMILES string of the molecule is Cc1cc(C)c(C)c(-c2cc(CC(C)(C)C)c3ccccc3[n+]2C)c1.Cc1cc(C)c(C)c(-c2ccc3c(CC(C)(C)C)cccc3[n+]2C)c1.Cc1ccc(C)c(-c2ccc3c(CC(C)(C)C)cccc3[n+]2C)c1.Cc1ccccc1-c1ccc2c(CC(C)(C)C)cccc2[n+]1C.Cc1ccccc1-c1ccc2cc(CC(C)(C)C)ccc2[n+]1C. The van der Waals surface area contributed by atoms with Gasteiger partial charge in [0.15, 0.2) is 0 Å². The molecule has 0 radical (unpaired) electrons. The minimum absolute atomic E-state index is 0.261. The lowest BCUT2D eigenvalue weighted by Gasteiger charge is -2.20. The second-order valence-corrected chi connectivity index (χ2v) is 40.8. The van der Waals surface area contributed by atoms with Crippen LogP contribution in [0.4, 0.5) is 0 Å². The molecule has 15 rings (SSSR count). The zero-order valence-electron chi connectivity index (χ0n) is 78.9. The summed E-state index contributed by atoms with van der Waals surface area (Å²) in [4.78, 5) is 0. The Morgan fingerprint density at radius 1 is 0.208 bits per heavy atom. The molecule has 0 atom stereocenters. The third-order valence-electron chi connectivity index (χ3n) is 23.7. The van der Waals surface area contributed by atoms with E-state index in [1.165, 1.54) is 194 Å². The average molecular weight is 1590 g/mol. The zero-order chi connectivity index (χ0) is 87.4. The molecule has 0 fully saturated rings. The van der Waals surface area contributed by atoms with E-state index in [2.05, 4.69) is 474 Å². The number of pyridine rings is 5. The first-order chi connectivity index (χ1) is 56.3. The van der Waals surface area contributed by atoms with Gasteiger partial charge in [0.25, 0.3) is 0 Å². The van der Waals surface area contributed by atoms with Gasteiger partial charge < -0.3 is 0 Å². The molecule has 120 heavy (non-hydrogen) atoms. The lowest BCUT2D eigenvalue weighted by Crippen LogP contribution is -2.33. The van der Waals surface area contributed by atoms with Crippen LogP contribution in [0.2, 0.25) is 0 Å². The van der Waals surface area contributed by atoms with E-state index in [4.69, 9.17) is 0 Å². The van der Waals surface area contributed by atoms with Crippen LogP contribution < -0.4 is 22.8 Å². The summed E-state index contributed by atoms with van der Waals surface area (Å²) < 4.78 is 11.7. The van der Waals surface area contributed by atoms with E-state index in [1.54, 1.807) is 0 Å². The molecule has 5 aromatic heterocycles. The Kier molecular flexibility index (Phi) is 27.5. The minimum atomic E-state index is 0.261. The summed E-state index contributed by atoms with van der Waals surface area (Å²) in [7, 11) is 10.9. The van der Waals surface area contributed by atoms with Crippen molar-refractivity contribution in [3.8, 4) is 56.3 Å². The van der Waals surface area contributed by atoms with Gasteiger partial charge >= 0.3 is 0 Å². The van der Waals surface area contributed by atoms with Crippen LogP contribution >= 0.6 is 0 Å². The predicted octanol–water partition coefficient (Wildman–Crippen LogP) is 27.7. The summed E-state index contributed by atoms with van der Waals surface area (Å²) in [5, 5.41) is 6.77. The van der Waals surface area contributed by atoms with Gasteiger partial charge in [-0.3, -0.25) is 0 Å². The average Bonchev–Trinajstić information content (AvgIpc) is 0.798. The minimum Gasteiger partial charge on any atom is -0.194 e. The topological polar surface area (TPSA) is 19.4 Å². The Morgan fingerprint density at radius 2 is 0.533 bits per heavy atom. The number of aromatic nitrogens is 5. The molecule has 15 aromatic rings. The molecule has 10 aromatic carbocycles. The van der Waals surface area contributed by atoms with Gasteiger partial charge in [0.1, 0.15) is 35.2 Å². The van der Waals surface area contributed by atoms with E-state index in [0.717, 1.165) is 32.1 Å². The molecule has 0 aliphatic heterocycles. The Labute approximate surface area is 722 Å². The summed E-state index contributed by atoms with van der Waals surface area (Å²) in [5.74, 6) is 0. The molecule has 0 aliphatic rings. The molecule has 620 valence electrons. The van der Waals surface area contributed by atoms with E-state index in [0.29, 0.717) is 16.2 Å². The molecule has 0 N–H and O–H groups in total. The van der Waals surface area contributed by atoms with Crippen molar-refractivity contribution in [3.63, 3.8) is 0 Å². The van der Waals surface area contributed by atoms with Crippen molar-refractivity contribution in [1.82, 2.24) is 0 Å². The Morgan fingerprint density at radius 3 is 0.958 bits per heavy atom. The van der Waals surface area contributed by atoms with Crippen molar-refractivity contribution in [2.24, 2.45) is 62.3 Å². The summed E-state index contributed by atoms with van der Waals surface area (Å²) in [6.07, 6.45) is 5.45. The quantitative estimate of drug-likeness (QED) is 0.122. The standard InChI is InChI=1S/2C24H30N.C23H28N.2C22H26N/c1-16-13-17(2)18(3)21(14-16)23-12-11-20-19(15-24(4,5)6)9-8-10-22(20)25(23)7;1-16-12-17(2)18(3)21(13-16)23-14-19(15-24(4,5)6)20-10-8-9-11-22(20)25(23)7;1-16-10-11-17(2)20(14-16)22-13-12-19-18(15-23(3,4)5)8-7-9-21(19)24(22)6;1-16-9-6-7-11-18(16)21-14-13-19-17(15-22(2,3)4)10-8-12-20(19)23(21)5;1-16-8-6-7-9-19(16)21-13-11-18-14-17(15-22(2,3)4)10-12-20(18)23(21)5/h2*8-14H,15H2,1-7H3;7-14H,15H2,1-6H3;2*6-14H,15H2,1-5H3/q5*+1. The van der Waals surface area contributed by atoms with E-state index >= 15 is 0 Å².